The molecular weight excluding hydrogens is 228 g/mol. The highest BCUT2D eigenvalue weighted by molar-refractivity contribution is 7.73. The molecule has 0 aliphatic heterocycles. The Hall–Kier alpha value is -1.20. The van der Waals surface area contributed by atoms with Gasteiger partial charge >= 0.3 is 0 Å². The zero-order valence-corrected chi connectivity index (χ0v) is 9.59. The van der Waals surface area contributed by atoms with Crippen molar-refractivity contribution in [3.63, 3.8) is 0 Å². The normalized spacial score (nSPS) is 11.5. The molecule has 0 unspecified atom stereocenters. The number of thiazole rings is 1. The molecule has 0 bridgehead atoms. The van der Waals surface area contributed by atoms with E-state index in [9.17, 15) is 0 Å². The van der Waals surface area contributed by atoms with Crippen LogP contribution in [0.2, 0.25) is 0 Å². The van der Waals surface area contributed by atoms with Crippen molar-refractivity contribution < 1.29 is 5.21 Å². The summed E-state index contributed by atoms with van der Waals surface area (Å²) in [7, 11) is 0. The number of aryl methyl sites for hydroxylation is 1. The predicted molar refractivity (Wildman–Crippen MR) is 65.5 cm³/mol. The molecule has 78 valence electrons. The summed E-state index contributed by atoms with van der Waals surface area (Å²) in [6.45, 7) is 0.757. The second kappa shape index (κ2) is 4.55. The lowest BCUT2D eigenvalue weighted by molar-refractivity contribution is 0.320. The Kier molecular flexibility index (Phi) is 3.13. The predicted octanol–water partition coefficient (Wildman–Crippen LogP) is 3.28. The largest absolute Gasteiger partial charge is 0.411 e. The van der Waals surface area contributed by atoms with E-state index in [-0.39, 0.29) is 0 Å². The summed E-state index contributed by atoms with van der Waals surface area (Å²) < 4.78 is 4.13. The van der Waals surface area contributed by atoms with Gasteiger partial charge in [-0.1, -0.05) is 12.1 Å². The molecule has 5 heteroatoms. The number of hydrogen-bond donors (Lipinski definition) is 1. The molecule has 0 radical (unpaired) electrons. The lowest BCUT2D eigenvalue weighted by Crippen LogP contribution is -1.97. The monoisotopic (exact) mass is 238 g/mol. The van der Waals surface area contributed by atoms with Gasteiger partial charge in [0, 0.05) is 19.2 Å². The van der Waals surface area contributed by atoms with Crippen molar-refractivity contribution in [2.45, 2.75) is 13.0 Å². The van der Waals surface area contributed by atoms with Crippen LogP contribution >= 0.6 is 23.6 Å². The maximum Gasteiger partial charge on any atom is 0.162 e. The summed E-state index contributed by atoms with van der Waals surface area (Å²) in [5.74, 6) is 0. The number of fused-ring (bicyclic) bond motifs is 1. The number of hydrogen-bond acceptors (Lipinski definition) is 4. The Bertz CT molecular complexity index is 542. The molecule has 0 spiro atoms. The van der Waals surface area contributed by atoms with Crippen molar-refractivity contribution in [1.29, 1.82) is 0 Å². The van der Waals surface area contributed by atoms with Crippen LogP contribution in [0.15, 0.2) is 29.4 Å². The van der Waals surface area contributed by atoms with Crippen LogP contribution in [0.5, 0.6) is 0 Å². The van der Waals surface area contributed by atoms with Crippen LogP contribution in [-0.2, 0) is 6.54 Å². The van der Waals surface area contributed by atoms with E-state index in [1.54, 1.807) is 11.3 Å². The summed E-state index contributed by atoms with van der Waals surface area (Å²) in [5.41, 5.74) is 1.15. The number of benzene rings is 1. The Morgan fingerprint density at radius 2 is 2.27 bits per heavy atom. The zero-order chi connectivity index (χ0) is 10.7. The summed E-state index contributed by atoms with van der Waals surface area (Å²) in [6.07, 6.45) is 2.17. The van der Waals surface area contributed by atoms with E-state index >= 15 is 0 Å². The van der Waals surface area contributed by atoms with E-state index in [2.05, 4.69) is 21.9 Å². The van der Waals surface area contributed by atoms with Crippen LogP contribution < -0.4 is 0 Å². The maximum atomic E-state index is 8.31. The second-order valence-corrected chi connectivity index (χ2v) is 4.75. The van der Waals surface area contributed by atoms with E-state index < -0.39 is 0 Å². The molecule has 0 fully saturated rings. The quantitative estimate of drug-likeness (QED) is 0.385. The van der Waals surface area contributed by atoms with Crippen molar-refractivity contribution in [1.82, 2.24) is 4.57 Å². The average Bonchev–Trinajstić information content (AvgIpc) is 2.56. The van der Waals surface area contributed by atoms with Crippen molar-refractivity contribution >= 4 is 40.0 Å². The highest BCUT2D eigenvalue weighted by Gasteiger charge is 2.02. The summed E-state index contributed by atoms with van der Waals surface area (Å²) in [6, 6.07) is 8.12. The third-order valence-corrected chi connectivity index (χ3v) is 3.57. The SMILES string of the molecule is ON=CCCn1c(=S)sc2ccccc21. The van der Waals surface area contributed by atoms with Gasteiger partial charge in [0.15, 0.2) is 3.95 Å². The van der Waals surface area contributed by atoms with Crippen LogP contribution in [-0.4, -0.2) is 16.0 Å². The van der Waals surface area contributed by atoms with Crippen LogP contribution in [0.4, 0.5) is 0 Å². The first-order valence-electron chi connectivity index (χ1n) is 4.57. The number of oxime groups is 1. The first-order chi connectivity index (χ1) is 7.33. The van der Waals surface area contributed by atoms with Gasteiger partial charge in [0.05, 0.1) is 10.2 Å². The summed E-state index contributed by atoms with van der Waals surface area (Å²) in [4.78, 5) is 0. The van der Waals surface area contributed by atoms with Gasteiger partial charge in [-0.15, -0.1) is 16.5 Å². The van der Waals surface area contributed by atoms with Crippen molar-refractivity contribution in [2.24, 2.45) is 5.16 Å². The summed E-state index contributed by atoms with van der Waals surface area (Å²) >= 11 is 6.88. The standard InChI is InChI=1S/C10H10N2OS2/c13-11-6-3-7-12-8-4-1-2-5-9(8)15-10(12)14/h1-2,4-6,13H,3,7H2. The first kappa shape index (κ1) is 10.3. The Morgan fingerprint density at radius 3 is 3.07 bits per heavy atom. The molecule has 0 amide bonds. The van der Waals surface area contributed by atoms with E-state index in [0.717, 1.165) is 16.0 Å². The van der Waals surface area contributed by atoms with Gasteiger partial charge in [0.2, 0.25) is 0 Å². The number of aromatic nitrogens is 1. The van der Waals surface area contributed by atoms with Crippen molar-refractivity contribution in [3.05, 3.63) is 28.2 Å². The number of rotatable bonds is 3. The van der Waals surface area contributed by atoms with Crippen LogP contribution in [0, 0.1) is 3.95 Å². The van der Waals surface area contributed by atoms with Gasteiger partial charge in [-0.3, -0.25) is 0 Å². The minimum absolute atomic E-state index is 0.686. The molecule has 0 aliphatic carbocycles. The third-order valence-electron chi connectivity index (χ3n) is 2.14. The molecular formula is C10H10N2OS2. The molecule has 1 aromatic carbocycles. The van der Waals surface area contributed by atoms with E-state index in [4.69, 9.17) is 17.4 Å². The number of para-hydroxylation sites is 1. The van der Waals surface area contributed by atoms with Gasteiger partial charge in [-0.25, -0.2) is 0 Å². The topological polar surface area (TPSA) is 37.5 Å². The highest BCUT2D eigenvalue weighted by atomic mass is 32.1. The maximum absolute atomic E-state index is 8.31. The fraction of sp³-hybridized carbons (Fsp3) is 0.200. The lowest BCUT2D eigenvalue weighted by Gasteiger charge is -2.00. The van der Waals surface area contributed by atoms with E-state index in [1.807, 2.05) is 12.1 Å². The Morgan fingerprint density at radius 1 is 1.47 bits per heavy atom. The van der Waals surface area contributed by atoms with Crippen LogP contribution in [0.3, 0.4) is 0 Å². The second-order valence-electron chi connectivity index (χ2n) is 3.07. The minimum Gasteiger partial charge on any atom is -0.411 e. The minimum atomic E-state index is 0.686. The van der Waals surface area contributed by atoms with Crippen LogP contribution in [0.25, 0.3) is 10.2 Å². The molecule has 0 saturated carbocycles. The lowest BCUT2D eigenvalue weighted by atomic mass is 10.3. The highest BCUT2D eigenvalue weighted by Crippen LogP contribution is 2.22. The molecule has 2 aromatic rings. The number of nitrogens with zero attached hydrogens (tertiary/aromatic N) is 2. The zero-order valence-electron chi connectivity index (χ0n) is 7.96. The van der Waals surface area contributed by atoms with Gasteiger partial charge in [-0.2, -0.15) is 0 Å². The molecule has 1 N–H and O–H groups in total. The average molecular weight is 238 g/mol. The van der Waals surface area contributed by atoms with Gasteiger partial charge in [0.1, 0.15) is 0 Å². The van der Waals surface area contributed by atoms with E-state index in [1.165, 1.54) is 10.9 Å². The molecule has 0 atom stereocenters. The van der Waals surface area contributed by atoms with Crippen molar-refractivity contribution in [2.75, 3.05) is 0 Å². The molecule has 0 saturated heterocycles. The molecule has 2 rings (SSSR count). The van der Waals surface area contributed by atoms with Gasteiger partial charge < -0.3 is 9.77 Å². The molecule has 15 heavy (non-hydrogen) atoms. The van der Waals surface area contributed by atoms with E-state index in [0.29, 0.717) is 6.42 Å². The summed E-state index contributed by atoms with van der Waals surface area (Å²) in [5, 5.41) is 11.3. The third kappa shape index (κ3) is 2.08. The Labute approximate surface area is 96.3 Å². The Balaban J connectivity index is 2.41. The van der Waals surface area contributed by atoms with Crippen LogP contribution in [0.1, 0.15) is 6.42 Å². The van der Waals surface area contributed by atoms with Gasteiger partial charge in [-0.05, 0) is 24.4 Å². The van der Waals surface area contributed by atoms with Crippen molar-refractivity contribution in [3.8, 4) is 0 Å². The smallest absolute Gasteiger partial charge is 0.162 e. The molecule has 1 aromatic heterocycles. The molecule has 0 aliphatic rings. The molecule has 3 nitrogen and oxygen atoms in total. The first-order valence-corrected chi connectivity index (χ1v) is 5.79. The fourth-order valence-electron chi connectivity index (χ4n) is 1.47. The van der Waals surface area contributed by atoms with Gasteiger partial charge in [0.25, 0.3) is 0 Å². The molecule has 1 heterocycles. The fourth-order valence-corrected chi connectivity index (χ4v) is 2.85.